The van der Waals surface area contributed by atoms with Crippen LogP contribution in [0.3, 0.4) is 0 Å². The maximum atomic E-state index is 13.4. The molecule has 156 valence electrons. The van der Waals surface area contributed by atoms with Gasteiger partial charge in [0.05, 0.1) is 37.1 Å². The summed E-state index contributed by atoms with van der Waals surface area (Å²) in [6, 6.07) is 16.3. The number of rotatable bonds is 8. The van der Waals surface area contributed by atoms with Gasteiger partial charge in [-0.15, -0.1) is 0 Å². The number of amides is 1. The molecule has 0 spiro atoms. The Balaban J connectivity index is 1.34. The number of hydrogen-bond donors (Lipinski definition) is 1. The molecule has 0 atom stereocenters. The van der Waals surface area contributed by atoms with Crippen LogP contribution in [0.2, 0.25) is 0 Å². The van der Waals surface area contributed by atoms with Crippen molar-refractivity contribution < 1.29 is 13.9 Å². The lowest BCUT2D eigenvalue weighted by Gasteiger charge is -2.28. The fourth-order valence-corrected chi connectivity index (χ4v) is 4.12. The van der Waals surface area contributed by atoms with Crippen LogP contribution in [0.5, 0.6) is 0 Å². The van der Waals surface area contributed by atoms with E-state index in [1.165, 1.54) is 12.1 Å². The molecule has 6 heteroatoms. The number of aromatic nitrogens is 2. The number of benzene rings is 2. The SMILES string of the molecule is O=C(Nc1cnn(CCOCc2ccccc2)c1)C1(c2ccc(F)cc2)CCCC1. The van der Waals surface area contributed by atoms with Gasteiger partial charge in [0.1, 0.15) is 5.82 Å². The molecular weight excluding hydrogens is 381 g/mol. The van der Waals surface area contributed by atoms with E-state index in [0.29, 0.717) is 25.4 Å². The van der Waals surface area contributed by atoms with Gasteiger partial charge in [0.25, 0.3) is 0 Å². The van der Waals surface area contributed by atoms with Crippen molar-refractivity contribution >= 4 is 11.6 Å². The van der Waals surface area contributed by atoms with Gasteiger partial charge in [-0.1, -0.05) is 55.3 Å². The third-order valence-electron chi connectivity index (χ3n) is 5.76. The summed E-state index contributed by atoms with van der Waals surface area (Å²) in [7, 11) is 0. The number of anilines is 1. The Labute approximate surface area is 175 Å². The van der Waals surface area contributed by atoms with Crippen molar-refractivity contribution in [3.05, 3.63) is 83.9 Å². The van der Waals surface area contributed by atoms with Crippen molar-refractivity contribution in [3.8, 4) is 0 Å². The lowest BCUT2D eigenvalue weighted by molar-refractivity contribution is -0.121. The molecule has 5 nitrogen and oxygen atoms in total. The minimum Gasteiger partial charge on any atom is -0.375 e. The van der Waals surface area contributed by atoms with Crippen molar-refractivity contribution in [3.63, 3.8) is 0 Å². The molecule has 1 fully saturated rings. The zero-order chi connectivity index (χ0) is 20.8. The minimum absolute atomic E-state index is 0.0496. The molecule has 1 aliphatic carbocycles. The highest BCUT2D eigenvalue weighted by atomic mass is 19.1. The lowest BCUT2D eigenvalue weighted by atomic mass is 9.78. The molecule has 3 aromatic rings. The molecular formula is C24H26FN3O2. The first-order valence-corrected chi connectivity index (χ1v) is 10.4. The second-order valence-corrected chi connectivity index (χ2v) is 7.78. The molecule has 1 aromatic heterocycles. The molecule has 1 amide bonds. The highest BCUT2D eigenvalue weighted by Crippen LogP contribution is 2.42. The molecule has 0 aliphatic heterocycles. The van der Waals surface area contributed by atoms with Gasteiger partial charge in [-0.25, -0.2) is 4.39 Å². The van der Waals surface area contributed by atoms with Crippen LogP contribution in [0.15, 0.2) is 67.0 Å². The third-order valence-corrected chi connectivity index (χ3v) is 5.76. The first kappa shape index (κ1) is 20.3. The lowest BCUT2D eigenvalue weighted by Crippen LogP contribution is -2.37. The summed E-state index contributed by atoms with van der Waals surface area (Å²) >= 11 is 0. The third kappa shape index (κ3) is 4.60. The van der Waals surface area contributed by atoms with Crippen LogP contribution in [-0.4, -0.2) is 22.3 Å². The predicted molar refractivity (Wildman–Crippen MR) is 114 cm³/mol. The molecule has 1 heterocycles. The van der Waals surface area contributed by atoms with E-state index in [0.717, 1.165) is 36.8 Å². The van der Waals surface area contributed by atoms with E-state index < -0.39 is 5.41 Å². The summed E-state index contributed by atoms with van der Waals surface area (Å²) in [4.78, 5) is 13.2. The van der Waals surface area contributed by atoms with Gasteiger partial charge in [0.15, 0.2) is 0 Å². The molecule has 2 aromatic carbocycles. The summed E-state index contributed by atoms with van der Waals surface area (Å²) < 4.78 is 20.8. The van der Waals surface area contributed by atoms with E-state index in [4.69, 9.17) is 4.74 Å². The van der Waals surface area contributed by atoms with Crippen molar-refractivity contribution in [2.24, 2.45) is 0 Å². The molecule has 1 N–H and O–H groups in total. The fraction of sp³-hybridized carbons (Fsp3) is 0.333. The van der Waals surface area contributed by atoms with E-state index in [-0.39, 0.29) is 11.7 Å². The van der Waals surface area contributed by atoms with Gasteiger partial charge in [-0.05, 0) is 36.1 Å². The number of nitrogens with zero attached hydrogens (tertiary/aromatic N) is 2. The number of hydrogen-bond acceptors (Lipinski definition) is 3. The standard InChI is InChI=1S/C24H26FN3O2/c25-21-10-8-20(9-11-21)24(12-4-5-13-24)23(29)27-22-16-26-28(17-22)14-15-30-18-19-6-2-1-3-7-19/h1-3,6-11,16-17H,4-5,12-15,18H2,(H,27,29). The normalized spacial score (nSPS) is 15.2. The van der Waals surface area contributed by atoms with E-state index in [1.54, 1.807) is 23.0 Å². The van der Waals surface area contributed by atoms with Crippen LogP contribution >= 0.6 is 0 Å². The topological polar surface area (TPSA) is 56.2 Å². The number of nitrogens with one attached hydrogen (secondary N) is 1. The van der Waals surface area contributed by atoms with Gasteiger partial charge < -0.3 is 10.1 Å². The van der Waals surface area contributed by atoms with Crippen LogP contribution in [-0.2, 0) is 28.1 Å². The monoisotopic (exact) mass is 407 g/mol. The van der Waals surface area contributed by atoms with Gasteiger partial charge in [-0.3, -0.25) is 9.48 Å². The summed E-state index contributed by atoms with van der Waals surface area (Å²) in [6.07, 6.45) is 6.99. The number of halogens is 1. The van der Waals surface area contributed by atoms with E-state index in [1.807, 2.05) is 36.5 Å². The Hall–Kier alpha value is -2.99. The molecule has 1 saturated carbocycles. The van der Waals surface area contributed by atoms with Gasteiger partial charge in [0, 0.05) is 6.20 Å². The van der Waals surface area contributed by atoms with Crippen LogP contribution in [0.1, 0.15) is 36.8 Å². The van der Waals surface area contributed by atoms with E-state index in [2.05, 4.69) is 10.4 Å². The maximum absolute atomic E-state index is 13.4. The fourth-order valence-electron chi connectivity index (χ4n) is 4.12. The Morgan fingerprint density at radius 2 is 1.83 bits per heavy atom. The highest BCUT2D eigenvalue weighted by molar-refractivity contribution is 5.99. The molecule has 0 bridgehead atoms. The van der Waals surface area contributed by atoms with Crippen LogP contribution in [0.4, 0.5) is 10.1 Å². The van der Waals surface area contributed by atoms with Crippen LogP contribution in [0, 0.1) is 5.82 Å². The highest BCUT2D eigenvalue weighted by Gasteiger charge is 2.42. The number of carbonyl (C=O) groups excluding carboxylic acids is 1. The molecule has 0 saturated heterocycles. The van der Waals surface area contributed by atoms with Crippen LogP contribution in [0.25, 0.3) is 0 Å². The number of ether oxygens (including phenoxy) is 1. The Bertz CT molecular complexity index is 964. The van der Waals surface area contributed by atoms with Gasteiger partial charge in [0.2, 0.25) is 5.91 Å². The quantitative estimate of drug-likeness (QED) is 0.551. The summed E-state index contributed by atoms with van der Waals surface area (Å²) in [5.74, 6) is -0.338. The van der Waals surface area contributed by atoms with Gasteiger partial charge in [-0.2, -0.15) is 5.10 Å². The zero-order valence-electron chi connectivity index (χ0n) is 16.9. The zero-order valence-corrected chi connectivity index (χ0v) is 16.9. The van der Waals surface area contributed by atoms with Crippen molar-refractivity contribution in [2.75, 3.05) is 11.9 Å². The second kappa shape index (κ2) is 9.22. The largest absolute Gasteiger partial charge is 0.375 e. The van der Waals surface area contributed by atoms with Crippen molar-refractivity contribution in [1.29, 1.82) is 0 Å². The van der Waals surface area contributed by atoms with Crippen molar-refractivity contribution in [1.82, 2.24) is 9.78 Å². The van der Waals surface area contributed by atoms with E-state index in [9.17, 15) is 9.18 Å². The molecule has 0 radical (unpaired) electrons. The molecule has 1 aliphatic rings. The first-order valence-electron chi connectivity index (χ1n) is 10.4. The smallest absolute Gasteiger partial charge is 0.235 e. The second-order valence-electron chi connectivity index (χ2n) is 7.78. The number of carbonyl (C=O) groups is 1. The molecule has 4 rings (SSSR count). The predicted octanol–water partition coefficient (Wildman–Crippen LogP) is 4.69. The molecule has 0 unspecified atom stereocenters. The Kier molecular flexibility index (Phi) is 6.23. The molecule has 30 heavy (non-hydrogen) atoms. The summed E-state index contributed by atoms with van der Waals surface area (Å²) in [5.41, 5.74) is 2.07. The van der Waals surface area contributed by atoms with E-state index >= 15 is 0 Å². The van der Waals surface area contributed by atoms with Crippen molar-refractivity contribution in [2.45, 2.75) is 44.2 Å². The minimum atomic E-state index is -0.603. The van der Waals surface area contributed by atoms with Gasteiger partial charge >= 0.3 is 0 Å². The average Bonchev–Trinajstić information content (AvgIpc) is 3.43. The Morgan fingerprint density at radius 3 is 2.57 bits per heavy atom. The summed E-state index contributed by atoms with van der Waals surface area (Å²) in [5, 5.41) is 7.34. The van der Waals surface area contributed by atoms with Crippen LogP contribution < -0.4 is 5.32 Å². The Morgan fingerprint density at radius 1 is 1.10 bits per heavy atom. The first-order chi connectivity index (χ1) is 14.7. The average molecular weight is 407 g/mol. The summed E-state index contributed by atoms with van der Waals surface area (Å²) in [6.45, 7) is 1.70. The maximum Gasteiger partial charge on any atom is 0.235 e.